The second kappa shape index (κ2) is 13.8. The molecule has 1 aliphatic rings. The molecule has 0 bridgehead atoms. The minimum absolute atomic E-state index is 0. The van der Waals surface area contributed by atoms with E-state index in [9.17, 15) is 0 Å². The number of hydrogen-bond donors (Lipinski definition) is 2. The molecule has 1 aliphatic heterocycles. The lowest BCUT2D eigenvalue weighted by Crippen LogP contribution is -2.38. The number of thiophene rings is 1. The van der Waals surface area contributed by atoms with E-state index < -0.39 is 0 Å². The van der Waals surface area contributed by atoms with Crippen molar-refractivity contribution in [1.82, 2.24) is 15.5 Å². The highest BCUT2D eigenvalue weighted by Crippen LogP contribution is 2.15. The Morgan fingerprint density at radius 1 is 1.20 bits per heavy atom. The van der Waals surface area contributed by atoms with E-state index in [-0.39, 0.29) is 24.0 Å². The van der Waals surface area contributed by atoms with Crippen molar-refractivity contribution in [2.24, 2.45) is 4.99 Å². The maximum atomic E-state index is 5.99. The molecular weight excluding hydrogens is 511 g/mol. The number of nitrogens with one attached hydrogen (secondary N) is 2. The van der Waals surface area contributed by atoms with Gasteiger partial charge in [-0.15, -0.1) is 35.3 Å². The van der Waals surface area contributed by atoms with E-state index in [0.717, 1.165) is 50.9 Å². The van der Waals surface area contributed by atoms with Gasteiger partial charge in [0.1, 0.15) is 12.4 Å². The van der Waals surface area contributed by atoms with Crippen LogP contribution in [0.5, 0.6) is 5.75 Å². The van der Waals surface area contributed by atoms with E-state index in [4.69, 9.17) is 9.47 Å². The molecule has 8 heteroatoms. The first-order valence-electron chi connectivity index (χ1n) is 10.2. The highest BCUT2D eigenvalue weighted by atomic mass is 127. The average Bonchev–Trinajstić information content (AvgIpc) is 3.28. The van der Waals surface area contributed by atoms with Gasteiger partial charge in [-0.1, -0.05) is 18.2 Å². The molecule has 2 aromatic rings. The zero-order chi connectivity index (χ0) is 20.3. The number of likely N-dealkylation sites (N-methyl/N-ethyl adjacent to an activating group) is 1. The highest BCUT2D eigenvalue weighted by Gasteiger charge is 2.17. The number of nitrogens with zero attached hydrogens (tertiary/aromatic N) is 2. The Labute approximate surface area is 201 Å². The van der Waals surface area contributed by atoms with Gasteiger partial charge in [0.05, 0.1) is 6.54 Å². The van der Waals surface area contributed by atoms with Crippen molar-refractivity contribution in [3.8, 4) is 5.75 Å². The maximum absolute atomic E-state index is 5.99. The van der Waals surface area contributed by atoms with Gasteiger partial charge in [-0.3, -0.25) is 9.89 Å². The van der Waals surface area contributed by atoms with Gasteiger partial charge in [-0.2, -0.15) is 0 Å². The molecule has 1 saturated heterocycles. The van der Waals surface area contributed by atoms with Crippen LogP contribution < -0.4 is 15.4 Å². The van der Waals surface area contributed by atoms with Crippen LogP contribution in [-0.4, -0.2) is 57.4 Å². The van der Waals surface area contributed by atoms with Crippen molar-refractivity contribution in [3.63, 3.8) is 0 Å². The molecule has 0 amide bonds. The molecule has 0 atom stereocenters. The quantitative estimate of drug-likeness (QED) is 0.287. The van der Waals surface area contributed by atoms with Crippen LogP contribution in [-0.2, 0) is 17.8 Å². The third kappa shape index (κ3) is 8.41. The van der Waals surface area contributed by atoms with E-state index in [1.54, 1.807) is 18.4 Å². The summed E-state index contributed by atoms with van der Waals surface area (Å²) < 4.78 is 11.4. The lowest BCUT2D eigenvalue weighted by atomic mass is 10.1. The van der Waals surface area contributed by atoms with Crippen LogP contribution in [0.2, 0.25) is 0 Å². The monoisotopic (exact) mass is 544 g/mol. The summed E-state index contributed by atoms with van der Waals surface area (Å²) in [5, 5.41) is 8.78. The van der Waals surface area contributed by atoms with Crippen molar-refractivity contribution in [1.29, 1.82) is 0 Å². The first-order valence-corrected chi connectivity index (χ1v) is 11.1. The molecule has 2 N–H and O–H groups in total. The van der Waals surface area contributed by atoms with Gasteiger partial charge in [-0.25, -0.2) is 0 Å². The lowest BCUT2D eigenvalue weighted by Gasteiger charge is -2.31. The molecule has 0 unspecified atom stereocenters. The molecule has 30 heavy (non-hydrogen) atoms. The Morgan fingerprint density at radius 2 is 2.00 bits per heavy atom. The number of aliphatic imine (C=N–C) groups is 1. The molecule has 1 aromatic heterocycles. The second-order valence-corrected chi connectivity index (χ2v) is 8.21. The van der Waals surface area contributed by atoms with Crippen LogP contribution in [0.1, 0.15) is 23.3 Å². The van der Waals surface area contributed by atoms with Crippen molar-refractivity contribution >= 4 is 41.3 Å². The Morgan fingerprint density at radius 3 is 2.73 bits per heavy atom. The Kier molecular flexibility index (Phi) is 11.5. The smallest absolute Gasteiger partial charge is 0.191 e. The maximum Gasteiger partial charge on any atom is 0.191 e. The standard InChI is InChI=1S/C22H32N4O2S.HI/c1-23-22(25-17-21-7-4-14-29-21)24-16-18-5-3-6-20(15-18)28-13-10-26(2)19-8-11-27-12-9-19;/h3-7,14-15,19H,8-13,16-17H2,1-2H3,(H2,23,24,25);1H. The number of ether oxygens (including phenoxy) is 2. The predicted molar refractivity (Wildman–Crippen MR) is 135 cm³/mol. The van der Waals surface area contributed by atoms with Crippen molar-refractivity contribution in [2.45, 2.75) is 32.0 Å². The van der Waals surface area contributed by atoms with E-state index >= 15 is 0 Å². The molecule has 3 rings (SSSR count). The summed E-state index contributed by atoms with van der Waals surface area (Å²) in [7, 11) is 3.97. The minimum Gasteiger partial charge on any atom is -0.492 e. The van der Waals surface area contributed by atoms with E-state index in [1.165, 1.54) is 10.4 Å². The van der Waals surface area contributed by atoms with E-state index in [0.29, 0.717) is 19.2 Å². The van der Waals surface area contributed by atoms with Crippen LogP contribution in [0.15, 0.2) is 46.8 Å². The van der Waals surface area contributed by atoms with Gasteiger partial charge in [-0.05, 0) is 49.0 Å². The van der Waals surface area contributed by atoms with Crippen LogP contribution in [0.25, 0.3) is 0 Å². The van der Waals surface area contributed by atoms with E-state index in [1.807, 2.05) is 12.1 Å². The summed E-state index contributed by atoms with van der Waals surface area (Å²) in [5.74, 6) is 1.70. The summed E-state index contributed by atoms with van der Waals surface area (Å²) in [6.45, 7) is 4.83. The fraction of sp³-hybridized carbons (Fsp3) is 0.500. The molecular formula is C22H33IN4O2S. The molecule has 0 saturated carbocycles. The van der Waals surface area contributed by atoms with Gasteiger partial charge in [0.15, 0.2) is 5.96 Å². The number of benzene rings is 1. The summed E-state index contributed by atoms with van der Waals surface area (Å²) in [6.07, 6.45) is 2.22. The van der Waals surface area contributed by atoms with Gasteiger partial charge < -0.3 is 20.1 Å². The molecule has 166 valence electrons. The van der Waals surface area contributed by atoms with Crippen molar-refractivity contribution in [2.75, 3.05) is 40.5 Å². The van der Waals surface area contributed by atoms with Gasteiger partial charge in [0.25, 0.3) is 0 Å². The summed E-state index contributed by atoms with van der Waals surface area (Å²) in [5.41, 5.74) is 1.17. The van der Waals surface area contributed by atoms with E-state index in [2.05, 4.69) is 57.2 Å². The number of rotatable bonds is 9. The highest BCUT2D eigenvalue weighted by molar-refractivity contribution is 14.0. The molecule has 0 spiro atoms. The molecule has 1 aromatic carbocycles. The number of guanidine groups is 1. The van der Waals surface area contributed by atoms with Gasteiger partial charge >= 0.3 is 0 Å². The largest absolute Gasteiger partial charge is 0.492 e. The molecule has 0 radical (unpaired) electrons. The third-order valence-corrected chi connectivity index (χ3v) is 6.00. The van der Waals surface area contributed by atoms with Crippen LogP contribution in [0.3, 0.4) is 0 Å². The molecule has 6 nitrogen and oxygen atoms in total. The fourth-order valence-corrected chi connectivity index (χ4v) is 4.00. The van der Waals surface area contributed by atoms with Crippen LogP contribution in [0, 0.1) is 0 Å². The average molecular weight is 545 g/mol. The third-order valence-electron chi connectivity index (χ3n) is 5.12. The predicted octanol–water partition coefficient (Wildman–Crippen LogP) is 3.72. The Bertz CT molecular complexity index is 751. The fourth-order valence-electron chi connectivity index (χ4n) is 3.35. The normalized spacial score (nSPS) is 15.0. The first-order chi connectivity index (χ1) is 14.2. The minimum atomic E-state index is 0. The topological polar surface area (TPSA) is 58.1 Å². The van der Waals surface area contributed by atoms with Crippen molar-refractivity contribution < 1.29 is 9.47 Å². The Hall–Kier alpha value is -1.36. The zero-order valence-corrected chi connectivity index (χ0v) is 20.9. The SMILES string of the molecule is CN=C(NCc1cccc(OCCN(C)C2CCOCC2)c1)NCc1cccs1.I. The molecule has 0 aliphatic carbocycles. The number of hydrogen-bond acceptors (Lipinski definition) is 5. The van der Waals surface area contributed by atoms with Gasteiger partial charge in [0.2, 0.25) is 0 Å². The van der Waals surface area contributed by atoms with Gasteiger partial charge in [0, 0.05) is 44.3 Å². The van der Waals surface area contributed by atoms with Crippen LogP contribution >= 0.6 is 35.3 Å². The van der Waals surface area contributed by atoms with Crippen molar-refractivity contribution in [3.05, 3.63) is 52.2 Å². The second-order valence-electron chi connectivity index (χ2n) is 7.18. The number of halogens is 1. The molecule has 2 heterocycles. The lowest BCUT2D eigenvalue weighted by molar-refractivity contribution is 0.0392. The van der Waals surface area contributed by atoms with Crippen LogP contribution in [0.4, 0.5) is 0 Å². The molecule has 1 fully saturated rings. The Balaban J connectivity index is 0.00000320. The first kappa shape index (κ1) is 24.9. The summed E-state index contributed by atoms with van der Waals surface area (Å²) in [6, 6.07) is 13.0. The zero-order valence-electron chi connectivity index (χ0n) is 17.8. The summed E-state index contributed by atoms with van der Waals surface area (Å²) >= 11 is 1.74. The summed E-state index contributed by atoms with van der Waals surface area (Å²) in [4.78, 5) is 7.96.